The second-order valence-corrected chi connectivity index (χ2v) is 4.71. The Labute approximate surface area is 105 Å². The number of carboxylic acid groups (broad SMARTS) is 1. The topological polar surface area (TPSA) is 52.6 Å². The van der Waals surface area contributed by atoms with E-state index < -0.39 is 12.0 Å². The van der Waals surface area contributed by atoms with Crippen molar-refractivity contribution in [3.8, 4) is 0 Å². The predicted molar refractivity (Wildman–Crippen MR) is 71.3 cm³/mol. The van der Waals surface area contributed by atoms with Crippen LogP contribution >= 0.6 is 0 Å². The summed E-state index contributed by atoms with van der Waals surface area (Å²) in [4.78, 5) is 13.3. The van der Waals surface area contributed by atoms with Crippen LogP contribution in [0.25, 0.3) is 0 Å². The molecule has 0 radical (unpaired) electrons. The van der Waals surface area contributed by atoms with Crippen LogP contribution in [0.2, 0.25) is 0 Å². The molecule has 17 heavy (non-hydrogen) atoms. The summed E-state index contributed by atoms with van der Waals surface area (Å²) in [6.07, 6.45) is 2.10. The molecule has 0 fully saturated rings. The van der Waals surface area contributed by atoms with Crippen molar-refractivity contribution in [3.63, 3.8) is 0 Å². The van der Waals surface area contributed by atoms with Crippen molar-refractivity contribution in [1.82, 2.24) is 10.2 Å². The fourth-order valence-electron chi connectivity index (χ4n) is 1.71. The molecule has 0 aliphatic rings. The Kier molecular flexibility index (Phi) is 9.09. The monoisotopic (exact) mass is 244 g/mol. The van der Waals surface area contributed by atoms with Crippen LogP contribution in [0.5, 0.6) is 0 Å². The van der Waals surface area contributed by atoms with Gasteiger partial charge in [0.15, 0.2) is 0 Å². The molecule has 0 spiro atoms. The Morgan fingerprint density at radius 3 is 2.35 bits per heavy atom. The van der Waals surface area contributed by atoms with Crippen molar-refractivity contribution in [1.29, 1.82) is 0 Å². The first kappa shape index (κ1) is 16.4. The number of carbonyl (C=O) groups is 1. The maximum Gasteiger partial charge on any atom is 0.322 e. The number of likely N-dealkylation sites (N-methyl/N-ethyl adjacent to an activating group) is 1. The molecule has 0 saturated carbocycles. The third kappa shape index (κ3) is 7.34. The molecule has 4 heteroatoms. The summed E-state index contributed by atoms with van der Waals surface area (Å²) in [5.74, 6) is -0.128. The Morgan fingerprint density at radius 1 is 1.29 bits per heavy atom. The van der Waals surface area contributed by atoms with E-state index in [1.54, 1.807) is 0 Å². The molecule has 2 N–H and O–H groups in total. The molecule has 0 saturated heterocycles. The SMILES string of the molecule is CCCNC(CN(CC)CC(C)CC)C(=O)O. The van der Waals surface area contributed by atoms with Crippen LogP contribution < -0.4 is 5.32 Å². The molecular weight excluding hydrogens is 216 g/mol. The van der Waals surface area contributed by atoms with Crippen LogP contribution in [0.15, 0.2) is 0 Å². The predicted octanol–water partition coefficient (Wildman–Crippen LogP) is 1.81. The summed E-state index contributed by atoms with van der Waals surface area (Å²) >= 11 is 0. The molecule has 102 valence electrons. The average molecular weight is 244 g/mol. The van der Waals surface area contributed by atoms with E-state index in [-0.39, 0.29) is 0 Å². The van der Waals surface area contributed by atoms with Crippen LogP contribution in [0, 0.1) is 5.92 Å². The standard InChI is InChI=1S/C13H28N2O2/c1-5-8-14-12(13(16)17)10-15(7-3)9-11(4)6-2/h11-12,14H,5-10H2,1-4H3,(H,16,17). The highest BCUT2D eigenvalue weighted by Crippen LogP contribution is 2.05. The first-order chi connectivity index (χ1) is 8.04. The van der Waals surface area contributed by atoms with Crippen molar-refractivity contribution in [2.45, 2.75) is 46.6 Å². The largest absolute Gasteiger partial charge is 0.480 e. The lowest BCUT2D eigenvalue weighted by molar-refractivity contribution is -0.140. The number of hydrogen-bond donors (Lipinski definition) is 2. The van der Waals surface area contributed by atoms with Gasteiger partial charge in [-0.05, 0) is 25.4 Å². The quantitative estimate of drug-likeness (QED) is 0.615. The molecule has 0 aromatic carbocycles. The van der Waals surface area contributed by atoms with Crippen LogP contribution in [0.3, 0.4) is 0 Å². The molecule has 0 rings (SSSR count). The minimum Gasteiger partial charge on any atom is -0.480 e. The number of nitrogens with one attached hydrogen (secondary N) is 1. The van der Waals surface area contributed by atoms with Gasteiger partial charge < -0.3 is 15.3 Å². The van der Waals surface area contributed by atoms with Crippen LogP contribution in [-0.2, 0) is 4.79 Å². The van der Waals surface area contributed by atoms with E-state index in [9.17, 15) is 4.79 Å². The Bertz CT molecular complexity index is 210. The summed E-state index contributed by atoms with van der Waals surface area (Å²) in [6.45, 7) is 11.7. The molecule has 0 heterocycles. The van der Waals surface area contributed by atoms with Crippen LogP contribution in [0.1, 0.15) is 40.5 Å². The summed E-state index contributed by atoms with van der Waals surface area (Å²) in [7, 11) is 0. The number of aliphatic carboxylic acids is 1. The lowest BCUT2D eigenvalue weighted by Gasteiger charge is -2.27. The molecule has 4 nitrogen and oxygen atoms in total. The normalized spacial score (nSPS) is 14.9. The summed E-state index contributed by atoms with van der Waals surface area (Å²) in [6, 6.07) is -0.445. The Hall–Kier alpha value is -0.610. The molecule has 0 bridgehead atoms. The highest BCUT2D eigenvalue weighted by molar-refractivity contribution is 5.73. The number of rotatable bonds is 10. The van der Waals surface area contributed by atoms with Crippen molar-refractivity contribution >= 4 is 5.97 Å². The van der Waals surface area contributed by atoms with Gasteiger partial charge in [0.1, 0.15) is 6.04 Å². The first-order valence-electron chi connectivity index (χ1n) is 6.73. The minimum atomic E-state index is -0.749. The summed E-state index contributed by atoms with van der Waals surface area (Å²) in [5, 5.41) is 12.2. The molecule has 0 aromatic rings. The van der Waals surface area contributed by atoms with Gasteiger partial charge in [-0.25, -0.2) is 0 Å². The third-order valence-corrected chi connectivity index (χ3v) is 3.09. The van der Waals surface area contributed by atoms with Gasteiger partial charge in [0.2, 0.25) is 0 Å². The van der Waals surface area contributed by atoms with Gasteiger partial charge in [-0.1, -0.05) is 34.1 Å². The molecule has 0 amide bonds. The first-order valence-corrected chi connectivity index (χ1v) is 6.73. The highest BCUT2D eigenvalue weighted by Gasteiger charge is 2.20. The second-order valence-electron chi connectivity index (χ2n) is 4.71. The van der Waals surface area contributed by atoms with Crippen molar-refractivity contribution in [3.05, 3.63) is 0 Å². The zero-order chi connectivity index (χ0) is 13.3. The smallest absolute Gasteiger partial charge is 0.322 e. The second kappa shape index (κ2) is 9.42. The zero-order valence-electron chi connectivity index (χ0n) is 11.7. The minimum absolute atomic E-state index is 0.445. The third-order valence-electron chi connectivity index (χ3n) is 3.09. The summed E-state index contributed by atoms with van der Waals surface area (Å²) in [5.41, 5.74) is 0. The zero-order valence-corrected chi connectivity index (χ0v) is 11.7. The lowest BCUT2D eigenvalue weighted by Crippen LogP contribution is -2.47. The van der Waals surface area contributed by atoms with Crippen molar-refractivity contribution < 1.29 is 9.90 Å². The van der Waals surface area contributed by atoms with Gasteiger partial charge in [0.25, 0.3) is 0 Å². The molecule has 0 aliphatic heterocycles. The van der Waals surface area contributed by atoms with Gasteiger partial charge >= 0.3 is 5.97 Å². The fraction of sp³-hybridized carbons (Fsp3) is 0.923. The van der Waals surface area contributed by atoms with Crippen molar-refractivity contribution in [2.75, 3.05) is 26.2 Å². The molecule has 2 unspecified atom stereocenters. The molecule has 0 aromatic heterocycles. The molecular formula is C13H28N2O2. The maximum absolute atomic E-state index is 11.1. The van der Waals surface area contributed by atoms with E-state index >= 15 is 0 Å². The molecule has 0 aliphatic carbocycles. The van der Waals surface area contributed by atoms with Gasteiger partial charge in [-0.2, -0.15) is 0 Å². The number of carboxylic acids is 1. The summed E-state index contributed by atoms with van der Waals surface area (Å²) < 4.78 is 0. The maximum atomic E-state index is 11.1. The van der Waals surface area contributed by atoms with E-state index in [0.29, 0.717) is 12.5 Å². The number of hydrogen-bond acceptors (Lipinski definition) is 3. The van der Waals surface area contributed by atoms with E-state index in [4.69, 9.17) is 5.11 Å². The Balaban J connectivity index is 4.22. The van der Waals surface area contributed by atoms with E-state index in [2.05, 4.69) is 31.0 Å². The van der Waals surface area contributed by atoms with E-state index in [1.807, 2.05) is 6.92 Å². The highest BCUT2D eigenvalue weighted by atomic mass is 16.4. The van der Waals surface area contributed by atoms with Gasteiger partial charge in [-0.3, -0.25) is 4.79 Å². The average Bonchev–Trinajstić information content (AvgIpc) is 2.32. The Morgan fingerprint density at radius 2 is 1.94 bits per heavy atom. The lowest BCUT2D eigenvalue weighted by atomic mass is 10.1. The van der Waals surface area contributed by atoms with Gasteiger partial charge in [0, 0.05) is 13.1 Å². The van der Waals surface area contributed by atoms with Crippen LogP contribution in [0.4, 0.5) is 0 Å². The van der Waals surface area contributed by atoms with E-state index in [0.717, 1.165) is 32.5 Å². The van der Waals surface area contributed by atoms with Crippen LogP contribution in [-0.4, -0.2) is 48.2 Å². The van der Waals surface area contributed by atoms with Crippen molar-refractivity contribution in [2.24, 2.45) is 5.92 Å². The van der Waals surface area contributed by atoms with E-state index in [1.165, 1.54) is 0 Å². The molecule has 2 atom stereocenters. The van der Waals surface area contributed by atoms with Gasteiger partial charge in [0.05, 0.1) is 0 Å². The van der Waals surface area contributed by atoms with Gasteiger partial charge in [-0.15, -0.1) is 0 Å². The number of nitrogens with zero attached hydrogens (tertiary/aromatic N) is 1. The fourth-order valence-corrected chi connectivity index (χ4v) is 1.71.